The smallest absolute Gasteiger partial charge is 0.0999 e. The number of hydrogen-bond acceptors (Lipinski definition) is 2. The van der Waals surface area contributed by atoms with Gasteiger partial charge in [0.2, 0.25) is 0 Å². The Labute approximate surface area is 166 Å². The summed E-state index contributed by atoms with van der Waals surface area (Å²) < 4.78 is 0.978. The first-order valence-electron chi connectivity index (χ1n) is 8.56. The van der Waals surface area contributed by atoms with E-state index in [0.717, 1.165) is 38.0 Å². The second-order valence-electron chi connectivity index (χ2n) is 6.19. The van der Waals surface area contributed by atoms with Gasteiger partial charge in [-0.1, -0.05) is 76.6 Å². The number of pyridine rings is 1. The molecule has 0 aliphatic heterocycles. The van der Waals surface area contributed by atoms with E-state index < -0.39 is 0 Å². The van der Waals surface area contributed by atoms with Crippen LogP contribution in [0.5, 0.6) is 0 Å². The molecule has 0 unspecified atom stereocenters. The highest BCUT2D eigenvalue weighted by molar-refractivity contribution is 9.10. The van der Waals surface area contributed by atoms with E-state index in [-0.39, 0.29) is 0 Å². The minimum Gasteiger partial charge on any atom is -0.256 e. The first-order chi connectivity index (χ1) is 13.2. The molecule has 3 heteroatoms. The van der Waals surface area contributed by atoms with Crippen LogP contribution >= 0.6 is 15.9 Å². The van der Waals surface area contributed by atoms with E-state index in [1.165, 1.54) is 0 Å². The van der Waals surface area contributed by atoms with Gasteiger partial charge in [0.15, 0.2) is 0 Å². The number of nitriles is 1. The van der Waals surface area contributed by atoms with Crippen molar-refractivity contribution < 1.29 is 0 Å². The molecule has 1 aromatic heterocycles. The van der Waals surface area contributed by atoms with Gasteiger partial charge in [-0.15, -0.1) is 0 Å². The van der Waals surface area contributed by atoms with Crippen LogP contribution < -0.4 is 0 Å². The van der Waals surface area contributed by atoms with Crippen molar-refractivity contribution in [3.8, 4) is 39.6 Å². The van der Waals surface area contributed by atoms with Gasteiger partial charge in [-0.25, -0.2) is 0 Å². The molecule has 0 saturated carbocycles. The topological polar surface area (TPSA) is 36.7 Å². The van der Waals surface area contributed by atoms with Crippen LogP contribution in [0.1, 0.15) is 5.56 Å². The molecule has 0 bridgehead atoms. The molecule has 0 spiro atoms. The second-order valence-corrected chi connectivity index (χ2v) is 7.10. The van der Waals surface area contributed by atoms with Gasteiger partial charge in [0.25, 0.3) is 0 Å². The Bertz CT molecular complexity index is 1130. The molecule has 0 N–H and O–H groups in total. The maximum Gasteiger partial charge on any atom is 0.0999 e. The lowest BCUT2D eigenvalue weighted by molar-refractivity contribution is 1.31. The molecule has 0 amide bonds. The van der Waals surface area contributed by atoms with Crippen molar-refractivity contribution >= 4 is 15.9 Å². The zero-order valence-corrected chi connectivity index (χ0v) is 16.0. The molecular weight excluding hydrogens is 396 g/mol. The van der Waals surface area contributed by atoms with Crippen molar-refractivity contribution in [3.05, 3.63) is 101 Å². The van der Waals surface area contributed by atoms with Crippen LogP contribution in [0.15, 0.2) is 95.6 Å². The van der Waals surface area contributed by atoms with E-state index in [1.807, 2.05) is 60.7 Å². The first-order valence-corrected chi connectivity index (χ1v) is 9.36. The highest BCUT2D eigenvalue weighted by Crippen LogP contribution is 2.31. The predicted octanol–water partition coefficient (Wildman–Crippen LogP) is 6.72. The lowest BCUT2D eigenvalue weighted by Gasteiger charge is -2.10. The van der Waals surface area contributed by atoms with Crippen molar-refractivity contribution in [3.63, 3.8) is 0 Å². The van der Waals surface area contributed by atoms with Crippen LogP contribution in [-0.4, -0.2) is 4.98 Å². The molecular formula is C24H15BrN2. The molecule has 2 nitrogen and oxygen atoms in total. The van der Waals surface area contributed by atoms with Crippen LogP contribution in [0, 0.1) is 11.3 Å². The van der Waals surface area contributed by atoms with E-state index in [1.54, 1.807) is 6.20 Å². The molecule has 0 radical (unpaired) electrons. The highest BCUT2D eigenvalue weighted by atomic mass is 79.9. The van der Waals surface area contributed by atoms with Crippen LogP contribution in [0.3, 0.4) is 0 Å². The van der Waals surface area contributed by atoms with Gasteiger partial charge in [0.1, 0.15) is 0 Å². The fourth-order valence-electron chi connectivity index (χ4n) is 3.09. The second kappa shape index (κ2) is 7.57. The minimum absolute atomic E-state index is 0.618. The summed E-state index contributed by atoms with van der Waals surface area (Å²) in [5.74, 6) is 0. The summed E-state index contributed by atoms with van der Waals surface area (Å²) in [6, 6.07) is 30.5. The number of aromatic nitrogens is 1. The number of rotatable bonds is 3. The zero-order valence-electron chi connectivity index (χ0n) is 14.4. The fraction of sp³-hybridized carbons (Fsp3) is 0. The minimum atomic E-state index is 0.618. The number of halogens is 1. The molecule has 1 heterocycles. The summed E-state index contributed by atoms with van der Waals surface area (Å²) in [5, 5.41) is 9.65. The predicted molar refractivity (Wildman–Crippen MR) is 113 cm³/mol. The van der Waals surface area contributed by atoms with Gasteiger partial charge in [-0.05, 0) is 41.0 Å². The van der Waals surface area contributed by atoms with Crippen LogP contribution in [-0.2, 0) is 0 Å². The quantitative estimate of drug-likeness (QED) is 0.375. The normalized spacial score (nSPS) is 10.4. The third kappa shape index (κ3) is 3.67. The van der Waals surface area contributed by atoms with Crippen LogP contribution in [0.2, 0.25) is 0 Å². The van der Waals surface area contributed by atoms with Crippen molar-refractivity contribution in [1.82, 2.24) is 4.98 Å². The van der Waals surface area contributed by atoms with Crippen molar-refractivity contribution in [2.45, 2.75) is 0 Å². The maximum atomic E-state index is 9.65. The molecule has 128 valence electrons. The van der Waals surface area contributed by atoms with Gasteiger partial charge in [0.05, 0.1) is 17.3 Å². The highest BCUT2D eigenvalue weighted by Gasteiger charge is 2.10. The average molecular weight is 411 g/mol. The Balaban J connectivity index is 1.81. The zero-order chi connectivity index (χ0) is 18.6. The third-order valence-corrected chi connectivity index (χ3v) is 4.87. The number of hydrogen-bond donors (Lipinski definition) is 0. The van der Waals surface area contributed by atoms with Gasteiger partial charge < -0.3 is 0 Å². The summed E-state index contributed by atoms with van der Waals surface area (Å²) >= 11 is 3.60. The summed E-state index contributed by atoms with van der Waals surface area (Å²) in [4.78, 5) is 4.64. The largest absolute Gasteiger partial charge is 0.256 e. The standard InChI is InChI=1S/C24H15BrN2/c25-22-12-19(17-7-3-1-4-8-17)11-20(13-22)24-14-21(15-26)23(16-27-24)18-9-5-2-6-10-18/h1-14,16H. The molecule has 0 saturated heterocycles. The Hall–Kier alpha value is -3.22. The average Bonchev–Trinajstić information content (AvgIpc) is 2.74. The maximum absolute atomic E-state index is 9.65. The van der Waals surface area contributed by atoms with Gasteiger partial charge in [-0.3, -0.25) is 4.98 Å². The van der Waals surface area contributed by atoms with E-state index in [0.29, 0.717) is 5.56 Å². The van der Waals surface area contributed by atoms with Gasteiger partial charge in [-0.2, -0.15) is 5.26 Å². The lowest BCUT2D eigenvalue weighted by Crippen LogP contribution is -1.91. The number of nitrogens with zero attached hydrogens (tertiary/aromatic N) is 2. The van der Waals surface area contributed by atoms with E-state index in [4.69, 9.17) is 0 Å². The van der Waals surface area contributed by atoms with E-state index >= 15 is 0 Å². The van der Waals surface area contributed by atoms with Crippen molar-refractivity contribution in [1.29, 1.82) is 5.26 Å². The Morgan fingerprint density at radius 2 is 1.33 bits per heavy atom. The van der Waals surface area contributed by atoms with E-state index in [2.05, 4.69) is 51.2 Å². The molecule has 4 rings (SSSR count). The molecule has 0 aliphatic rings. The Kier molecular flexibility index (Phi) is 4.82. The number of benzene rings is 3. The molecule has 3 aromatic carbocycles. The summed E-state index contributed by atoms with van der Waals surface area (Å²) in [6.45, 7) is 0. The molecule has 4 aromatic rings. The van der Waals surface area contributed by atoms with Crippen molar-refractivity contribution in [2.75, 3.05) is 0 Å². The van der Waals surface area contributed by atoms with Crippen molar-refractivity contribution in [2.24, 2.45) is 0 Å². The molecule has 0 atom stereocenters. The Morgan fingerprint density at radius 3 is 2.00 bits per heavy atom. The van der Waals surface area contributed by atoms with Crippen LogP contribution in [0.25, 0.3) is 33.5 Å². The van der Waals surface area contributed by atoms with E-state index in [9.17, 15) is 5.26 Å². The first kappa shape index (κ1) is 17.2. The fourth-order valence-corrected chi connectivity index (χ4v) is 3.58. The summed E-state index contributed by atoms with van der Waals surface area (Å²) in [6.07, 6.45) is 1.78. The Morgan fingerprint density at radius 1 is 0.704 bits per heavy atom. The SMILES string of the molecule is N#Cc1cc(-c2cc(Br)cc(-c3ccccc3)c2)ncc1-c1ccccc1. The molecule has 0 fully saturated rings. The molecule has 0 aliphatic carbocycles. The summed E-state index contributed by atoms with van der Waals surface area (Å²) in [7, 11) is 0. The van der Waals surface area contributed by atoms with Crippen LogP contribution in [0.4, 0.5) is 0 Å². The van der Waals surface area contributed by atoms with Gasteiger partial charge >= 0.3 is 0 Å². The summed E-state index contributed by atoms with van der Waals surface area (Å²) in [5.41, 5.74) is 6.46. The van der Waals surface area contributed by atoms with Gasteiger partial charge in [0, 0.05) is 21.8 Å². The molecule has 27 heavy (non-hydrogen) atoms. The monoisotopic (exact) mass is 410 g/mol. The third-order valence-electron chi connectivity index (χ3n) is 4.41. The lowest BCUT2D eigenvalue weighted by atomic mass is 9.98.